The summed E-state index contributed by atoms with van der Waals surface area (Å²) in [6, 6.07) is 6.16. The lowest BCUT2D eigenvalue weighted by molar-refractivity contribution is 0.870. The van der Waals surface area contributed by atoms with Crippen LogP contribution in [0.5, 0.6) is 0 Å². The number of nitrogens with one attached hydrogen (secondary N) is 1. The quantitative estimate of drug-likeness (QED) is 0.784. The summed E-state index contributed by atoms with van der Waals surface area (Å²) < 4.78 is 4.04. The second kappa shape index (κ2) is 4.49. The number of benzene rings is 1. The number of imidazole rings is 1. The maximum absolute atomic E-state index is 4.67. The van der Waals surface area contributed by atoms with Crippen molar-refractivity contribution in [2.24, 2.45) is 0 Å². The van der Waals surface area contributed by atoms with Crippen LogP contribution in [0.3, 0.4) is 0 Å². The first-order valence-electron chi connectivity index (χ1n) is 6.06. The lowest BCUT2D eigenvalue weighted by atomic mass is 10.2. The molecular weight excluding hydrogens is 244 g/mol. The molecule has 0 spiro atoms. The fraction of sp³-hybridized carbons (Fsp3) is 0.308. The van der Waals surface area contributed by atoms with Crippen molar-refractivity contribution in [3.05, 3.63) is 29.5 Å². The number of para-hydroxylation sites is 1. The predicted octanol–water partition coefficient (Wildman–Crippen LogP) is 3.34. The van der Waals surface area contributed by atoms with Crippen molar-refractivity contribution in [2.45, 2.75) is 26.7 Å². The Labute approximate surface area is 109 Å². The third-order valence-electron chi connectivity index (χ3n) is 2.97. The van der Waals surface area contributed by atoms with Crippen LogP contribution in [0, 0.1) is 6.92 Å². The molecule has 2 aromatic heterocycles. The molecule has 0 saturated heterocycles. The van der Waals surface area contributed by atoms with E-state index >= 15 is 0 Å². The molecule has 0 saturated carbocycles. The summed E-state index contributed by atoms with van der Waals surface area (Å²) in [5.41, 5.74) is 4.33. The molecule has 0 radical (unpaired) electrons. The number of fused-ring (bicyclic) bond motifs is 1. The summed E-state index contributed by atoms with van der Waals surface area (Å²) in [6.07, 6.45) is 2.01. The molecule has 0 bridgehead atoms. The number of hydrogen-bond acceptors (Lipinski definition) is 4. The van der Waals surface area contributed by atoms with Crippen LogP contribution in [-0.4, -0.2) is 19.6 Å². The zero-order valence-corrected chi connectivity index (χ0v) is 11.2. The Kier molecular flexibility index (Phi) is 2.83. The van der Waals surface area contributed by atoms with Gasteiger partial charge >= 0.3 is 0 Å². The molecule has 3 rings (SSSR count). The second-order valence-corrected chi connectivity index (χ2v) is 5.11. The molecule has 0 amide bonds. The van der Waals surface area contributed by atoms with Gasteiger partial charge in [0.05, 0.1) is 16.7 Å². The van der Waals surface area contributed by atoms with Crippen molar-refractivity contribution in [3.63, 3.8) is 0 Å². The smallest absolute Gasteiger partial charge is 0.152 e. The van der Waals surface area contributed by atoms with Gasteiger partial charge in [-0.1, -0.05) is 30.0 Å². The van der Waals surface area contributed by atoms with Gasteiger partial charge < -0.3 is 4.98 Å². The maximum Gasteiger partial charge on any atom is 0.152 e. The van der Waals surface area contributed by atoms with E-state index in [1.54, 1.807) is 0 Å². The highest BCUT2D eigenvalue weighted by Crippen LogP contribution is 2.27. The van der Waals surface area contributed by atoms with E-state index < -0.39 is 0 Å². The highest BCUT2D eigenvalue weighted by molar-refractivity contribution is 7.09. The van der Waals surface area contributed by atoms with Gasteiger partial charge in [0.1, 0.15) is 4.88 Å². The summed E-state index contributed by atoms with van der Waals surface area (Å²) in [6.45, 7) is 4.22. The van der Waals surface area contributed by atoms with Crippen LogP contribution in [-0.2, 0) is 6.42 Å². The molecule has 5 heteroatoms. The summed E-state index contributed by atoms with van der Waals surface area (Å²) in [5, 5.41) is 4.18. The summed E-state index contributed by atoms with van der Waals surface area (Å²) in [4.78, 5) is 9.09. The molecule has 2 heterocycles. The number of aryl methyl sites for hydroxylation is 2. The van der Waals surface area contributed by atoms with Crippen molar-refractivity contribution in [3.8, 4) is 10.7 Å². The van der Waals surface area contributed by atoms with Crippen molar-refractivity contribution in [1.29, 1.82) is 0 Å². The Bertz CT molecular complexity index is 683. The third kappa shape index (κ3) is 1.80. The SMILES string of the molecule is CCCc1nnsc1-c1nc2c(C)cccc2[nH]1. The van der Waals surface area contributed by atoms with E-state index in [4.69, 9.17) is 0 Å². The first-order valence-corrected chi connectivity index (χ1v) is 6.84. The van der Waals surface area contributed by atoms with Crippen LogP contribution in [0.2, 0.25) is 0 Å². The Hall–Kier alpha value is -1.75. The fourth-order valence-electron chi connectivity index (χ4n) is 2.07. The van der Waals surface area contributed by atoms with E-state index in [0.717, 1.165) is 40.3 Å². The minimum atomic E-state index is 0.887. The number of aromatic amines is 1. The molecule has 1 N–H and O–H groups in total. The largest absolute Gasteiger partial charge is 0.337 e. The first kappa shape index (κ1) is 11.3. The maximum atomic E-state index is 4.67. The van der Waals surface area contributed by atoms with E-state index in [2.05, 4.69) is 39.5 Å². The van der Waals surface area contributed by atoms with Gasteiger partial charge in [0.25, 0.3) is 0 Å². The molecule has 18 heavy (non-hydrogen) atoms. The molecule has 0 aliphatic rings. The van der Waals surface area contributed by atoms with Gasteiger partial charge in [-0.25, -0.2) is 4.98 Å². The normalized spacial score (nSPS) is 11.2. The van der Waals surface area contributed by atoms with Crippen molar-refractivity contribution in [2.75, 3.05) is 0 Å². The number of aromatic nitrogens is 4. The minimum Gasteiger partial charge on any atom is -0.337 e. The average Bonchev–Trinajstić information content (AvgIpc) is 2.95. The van der Waals surface area contributed by atoms with Gasteiger partial charge in [-0.3, -0.25) is 0 Å². The molecule has 0 atom stereocenters. The topological polar surface area (TPSA) is 54.5 Å². The molecule has 0 unspecified atom stereocenters. The standard InChI is InChI=1S/C13H14N4S/c1-3-5-10-12(18-17-16-10)13-14-9-7-4-6-8(2)11(9)15-13/h4,6-7H,3,5H2,1-2H3,(H,14,15). The molecule has 3 aromatic rings. The molecule has 0 fully saturated rings. The summed E-state index contributed by atoms with van der Waals surface area (Å²) in [5.74, 6) is 0.887. The van der Waals surface area contributed by atoms with Crippen LogP contribution in [0.25, 0.3) is 21.7 Å². The Morgan fingerprint density at radius 3 is 3.00 bits per heavy atom. The summed E-state index contributed by atoms with van der Waals surface area (Å²) >= 11 is 1.41. The second-order valence-electron chi connectivity index (χ2n) is 4.36. The number of nitrogens with zero attached hydrogens (tertiary/aromatic N) is 3. The van der Waals surface area contributed by atoms with Crippen LogP contribution < -0.4 is 0 Å². The minimum absolute atomic E-state index is 0.887. The van der Waals surface area contributed by atoms with E-state index in [1.807, 2.05) is 12.1 Å². The molecule has 4 nitrogen and oxygen atoms in total. The van der Waals surface area contributed by atoms with Crippen molar-refractivity contribution >= 4 is 22.6 Å². The first-order chi connectivity index (χ1) is 8.79. The molecule has 0 aliphatic heterocycles. The molecule has 0 aliphatic carbocycles. The lowest BCUT2D eigenvalue weighted by Crippen LogP contribution is -1.88. The molecular formula is C13H14N4S. The van der Waals surface area contributed by atoms with Crippen LogP contribution in [0.4, 0.5) is 0 Å². The zero-order chi connectivity index (χ0) is 12.5. The number of hydrogen-bond donors (Lipinski definition) is 1. The highest BCUT2D eigenvalue weighted by atomic mass is 32.1. The molecule has 92 valence electrons. The van der Waals surface area contributed by atoms with Gasteiger partial charge in [-0.2, -0.15) is 0 Å². The Balaban J connectivity index is 2.14. The zero-order valence-electron chi connectivity index (χ0n) is 10.4. The van der Waals surface area contributed by atoms with E-state index in [-0.39, 0.29) is 0 Å². The van der Waals surface area contributed by atoms with Crippen molar-refractivity contribution in [1.82, 2.24) is 19.6 Å². The van der Waals surface area contributed by atoms with Crippen LogP contribution >= 0.6 is 11.5 Å². The average molecular weight is 258 g/mol. The monoisotopic (exact) mass is 258 g/mol. The predicted molar refractivity (Wildman–Crippen MR) is 73.7 cm³/mol. The Morgan fingerprint density at radius 2 is 2.22 bits per heavy atom. The van der Waals surface area contributed by atoms with Crippen LogP contribution in [0.1, 0.15) is 24.6 Å². The van der Waals surface area contributed by atoms with E-state index in [9.17, 15) is 0 Å². The summed E-state index contributed by atoms with van der Waals surface area (Å²) in [7, 11) is 0. The van der Waals surface area contributed by atoms with Gasteiger partial charge in [0, 0.05) is 0 Å². The van der Waals surface area contributed by atoms with Gasteiger partial charge in [0.15, 0.2) is 5.82 Å². The van der Waals surface area contributed by atoms with Crippen LogP contribution in [0.15, 0.2) is 18.2 Å². The Morgan fingerprint density at radius 1 is 1.33 bits per heavy atom. The number of H-pyrrole nitrogens is 1. The third-order valence-corrected chi connectivity index (χ3v) is 3.75. The van der Waals surface area contributed by atoms with Gasteiger partial charge in [0.2, 0.25) is 0 Å². The number of rotatable bonds is 3. The van der Waals surface area contributed by atoms with E-state index in [1.165, 1.54) is 17.1 Å². The van der Waals surface area contributed by atoms with E-state index in [0.29, 0.717) is 0 Å². The highest BCUT2D eigenvalue weighted by Gasteiger charge is 2.14. The van der Waals surface area contributed by atoms with Crippen molar-refractivity contribution < 1.29 is 0 Å². The fourth-order valence-corrected chi connectivity index (χ4v) is 2.72. The van der Waals surface area contributed by atoms with Gasteiger partial charge in [-0.15, -0.1) is 5.10 Å². The van der Waals surface area contributed by atoms with Gasteiger partial charge in [-0.05, 0) is 36.5 Å². The lowest BCUT2D eigenvalue weighted by Gasteiger charge is -1.94. The molecule has 1 aromatic carbocycles.